The van der Waals surface area contributed by atoms with Crippen LogP contribution in [0.4, 0.5) is 5.82 Å². The van der Waals surface area contributed by atoms with Crippen LogP contribution in [-0.2, 0) is 19.0 Å². The van der Waals surface area contributed by atoms with Crippen molar-refractivity contribution in [3.05, 3.63) is 77.5 Å². The molecule has 2 atom stereocenters. The van der Waals surface area contributed by atoms with E-state index < -0.39 is 17.7 Å². The van der Waals surface area contributed by atoms with E-state index in [-0.39, 0.29) is 11.7 Å². The van der Waals surface area contributed by atoms with Gasteiger partial charge in [-0.15, -0.1) is 0 Å². The smallest absolute Gasteiger partial charge is 0.339 e. The molecular formula is C39H45N5O5. The Morgan fingerprint density at radius 1 is 1.10 bits per heavy atom. The largest absolute Gasteiger partial charge is 0.490 e. The molecule has 10 heteroatoms. The van der Waals surface area contributed by atoms with Crippen molar-refractivity contribution >= 4 is 17.4 Å². The van der Waals surface area contributed by atoms with E-state index in [0.29, 0.717) is 54.3 Å². The molecule has 3 aliphatic rings. The number of piperidine rings is 1. The fraction of sp³-hybridized carbons (Fsp3) is 0.436. The minimum absolute atomic E-state index is 0.0908. The molecule has 0 aliphatic carbocycles. The van der Waals surface area contributed by atoms with Crippen molar-refractivity contribution in [1.29, 1.82) is 5.26 Å². The standard InChI is InChI=1S/C39H45N5O5/c1-25-11-8-9-20-47-39(6)16-18-43(19-17-39)36-34(35(37(45)46-7)49-38(3,4)5)26(2)41-33-23-31(42-44(33)36)29-13-10-12-28(22-29)30-21-27(24-40)14-15-32(30)48-25/h8-10,12-15,21-23,25,35H,11,16-20H2,1-7H3/b9-8-/t25-,35-/m0/s1. The maximum Gasteiger partial charge on any atom is 0.339 e. The number of hydrogen-bond acceptors (Lipinski definition) is 9. The normalized spacial score (nSPS) is 21.0. The van der Waals surface area contributed by atoms with Crippen LogP contribution < -0.4 is 9.64 Å². The topological polar surface area (TPSA) is 111 Å². The van der Waals surface area contributed by atoms with Crippen molar-refractivity contribution in [2.45, 2.75) is 84.2 Å². The second-order valence-corrected chi connectivity index (χ2v) is 14.2. The van der Waals surface area contributed by atoms with E-state index in [1.807, 2.05) is 75.5 Å². The van der Waals surface area contributed by atoms with Crippen LogP contribution in [0, 0.1) is 18.3 Å². The van der Waals surface area contributed by atoms with Gasteiger partial charge >= 0.3 is 5.97 Å². The Morgan fingerprint density at radius 3 is 2.57 bits per heavy atom. The van der Waals surface area contributed by atoms with Gasteiger partial charge in [-0.25, -0.2) is 9.78 Å². The van der Waals surface area contributed by atoms with E-state index in [0.717, 1.165) is 41.0 Å². The van der Waals surface area contributed by atoms with Gasteiger partial charge < -0.3 is 23.8 Å². The van der Waals surface area contributed by atoms with Crippen molar-refractivity contribution in [3.63, 3.8) is 0 Å². The van der Waals surface area contributed by atoms with Crippen LogP contribution in [0.1, 0.15) is 76.8 Å². The molecule has 10 nitrogen and oxygen atoms in total. The zero-order valence-corrected chi connectivity index (χ0v) is 29.4. The van der Waals surface area contributed by atoms with Gasteiger partial charge in [0.05, 0.1) is 53.9 Å². The second kappa shape index (κ2) is 13.7. The summed E-state index contributed by atoms with van der Waals surface area (Å²) in [5.41, 5.74) is 4.87. The number of anilines is 1. The molecule has 1 fully saturated rings. The maximum absolute atomic E-state index is 13.4. The molecule has 256 valence electrons. The predicted octanol–water partition coefficient (Wildman–Crippen LogP) is 7.38. The van der Waals surface area contributed by atoms with Gasteiger partial charge in [-0.05, 0) is 84.2 Å². The first-order valence-corrected chi connectivity index (χ1v) is 16.9. The minimum Gasteiger partial charge on any atom is -0.490 e. The molecular weight excluding hydrogens is 618 g/mol. The molecule has 2 aromatic carbocycles. The van der Waals surface area contributed by atoms with Crippen LogP contribution >= 0.6 is 0 Å². The van der Waals surface area contributed by atoms with Crippen molar-refractivity contribution in [2.75, 3.05) is 31.7 Å². The summed E-state index contributed by atoms with van der Waals surface area (Å²) in [7, 11) is 1.38. The molecule has 0 saturated carbocycles. The number of aryl methyl sites for hydroxylation is 1. The lowest BCUT2D eigenvalue weighted by molar-refractivity contribution is -0.164. The molecule has 4 aromatic rings. The Balaban J connectivity index is 1.56. The first kappa shape index (κ1) is 34.2. The molecule has 3 aliphatic heterocycles. The maximum atomic E-state index is 13.4. The third-order valence-corrected chi connectivity index (χ3v) is 9.14. The molecule has 0 spiro atoms. The molecule has 2 aromatic heterocycles. The van der Waals surface area contributed by atoms with Crippen molar-refractivity contribution in [1.82, 2.24) is 14.6 Å². The molecule has 0 amide bonds. The summed E-state index contributed by atoms with van der Waals surface area (Å²) in [5, 5.41) is 14.9. The zero-order valence-electron chi connectivity index (χ0n) is 29.4. The molecule has 7 rings (SSSR count). The third-order valence-electron chi connectivity index (χ3n) is 9.14. The van der Waals surface area contributed by atoms with E-state index in [2.05, 4.69) is 36.1 Å². The van der Waals surface area contributed by atoms with Crippen LogP contribution in [-0.4, -0.2) is 64.7 Å². The van der Waals surface area contributed by atoms with Gasteiger partial charge in [0.15, 0.2) is 11.8 Å². The zero-order chi connectivity index (χ0) is 34.9. The molecule has 5 heterocycles. The fourth-order valence-electron chi connectivity index (χ4n) is 6.53. The highest BCUT2D eigenvalue weighted by Crippen LogP contribution is 2.40. The summed E-state index contributed by atoms with van der Waals surface area (Å²) in [4.78, 5) is 20.6. The Kier molecular flexibility index (Phi) is 9.52. The third kappa shape index (κ3) is 7.33. The van der Waals surface area contributed by atoms with Crippen LogP contribution in [0.25, 0.3) is 28.0 Å². The molecule has 49 heavy (non-hydrogen) atoms. The van der Waals surface area contributed by atoms with E-state index in [9.17, 15) is 10.1 Å². The number of fused-ring (bicyclic) bond motifs is 7. The lowest BCUT2D eigenvalue weighted by Crippen LogP contribution is -2.45. The van der Waals surface area contributed by atoms with Gasteiger partial charge in [0.2, 0.25) is 0 Å². The Bertz CT molecular complexity index is 1930. The SMILES string of the molecule is COC(=O)[C@@H](OC(C)(C)C)c1c(C)nc2cc3nn2c1N1CCC(C)(CC1)OC/C=C\C[C@H](C)Oc1ccc(C#N)cc1-c1cccc-3c1. The van der Waals surface area contributed by atoms with Crippen molar-refractivity contribution in [3.8, 4) is 34.2 Å². The number of rotatable bonds is 3. The number of carbonyl (C=O) groups excluding carboxylic acids is 1. The Hall–Kier alpha value is -4.72. The number of ether oxygens (including phenoxy) is 4. The van der Waals surface area contributed by atoms with E-state index in [1.54, 1.807) is 6.07 Å². The monoisotopic (exact) mass is 663 g/mol. The lowest BCUT2D eigenvalue weighted by Gasteiger charge is -2.41. The Labute approximate surface area is 288 Å². The summed E-state index contributed by atoms with van der Waals surface area (Å²) in [5.74, 6) is 0.963. The highest BCUT2D eigenvalue weighted by Gasteiger charge is 2.38. The summed E-state index contributed by atoms with van der Waals surface area (Å²) >= 11 is 0. The highest BCUT2D eigenvalue weighted by atomic mass is 16.6. The highest BCUT2D eigenvalue weighted by molar-refractivity contribution is 5.81. The second-order valence-electron chi connectivity index (χ2n) is 14.2. The van der Waals surface area contributed by atoms with Crippen LogP contribution in [0.5, 0.6) is 5.75 Å². The van der Waals surface area contributed by atoms with Crippen LogP contribution in [0.3, 0.4) is 0 Å². The average Bonchev–Trinajstić information content (AvgIpc) is 3.50. The fourth-order valence-corrected chi connectivity index (χ4v) is 6.53. The van der Waals surface area contributed by atoms with Crippen molar-refractivity contribution < 1.29 is 23.7 Å². The molecule has 0 radical (unpaired) electrons. The predicted molar refractivity (Wildman–Crippen MR) is 189 cm³/mol. The first-order chi connectivity index (χ1) is 23.4. The number of carbonyl (C=O) groups is 1. The number of nitriles is 1. The van der Waals surface area contributed by atoms with Gasteiger partial charge in [0, 0.05) is 42.4 Å². The van der Waals surface area contributed by atoms with Crippen LogP contribution in [0.2, 0.25) is 0 Å². The molecule has 0 unspecified atom stereocenters. The van der Waals surface area contributed by atoms with Gasteiger partial charge in [-0.2, -0.15) is 14.9 Å². The summed E-state index contributed by atoms with van der Waals surface area (Å²) in [6.45, 7) is 13.7. The first-order valence-electron chi connectivity index (χ1n) is 16.9. The summed E-state index contributed by atoms with van der Waals surface area (Å²) in [6.07, 6.45) is 5.33. The molecule has 1 saturated heterocycles. The van der Waals surface area contributed by atoms with Gasteiger partial charge in [0.25, 0.3) is 0 Å². The number of methoxy groups -OCH3 is 1. The lowest BCUT2D eigenvalue weighted by atomic mass is 9.92. The van der Waals surface area contributed by atoms with Gasteiger partial charge in [-0.1, -0.05) is 30.4 Å². The van der Waals surface area contributed by atoms with Crippen molar-refractivity contribution in [2.24, 2.45) is 0 Å². The van der Waals surface area contributed by atoms with Crippen LogP contribution in [0.15, 0.2) is 60.7 Å². The number of aromatic nitrogens is 3. The van der Waals surface area contributed by atoms with Gasteiger partial charge in [-0.3, -0.25) is 0 Å². The Morgan fingerprint density at radius 2 is 1.86 bits per heavy atom. The summed E-state index contributed by atoms with van der Waals surface area (Å²) in [6, 6.07) is 17.8. The number of esters is 1. The number of nitrogens with zero attached hydrogens (tertiary/aromatic N) is 5. The minimum atomic E-state index is -1.01. The van der Waals surface area contributed by atoms with E-state index in [4.69, 9.17) is 29.0 Å². The number of benzene rings is 2. The molecule has 6 bridgehead atoms. The van der Waals surface area contributed by atoms with E-state index >= 15 is 0 Å². The summed E-state index contributed by atoms with van der Waals surface area (Å²) < 4.78 is 26.4. The number of hydrogen-bond donors (Lipinski definition) is 0. The molecule has 0 N–H and O–H groups in total. The van der Waals surface area contributed by atoms with Gasteiger partial charge in [0.1, 0.15) is 11.6 Å². The van der Waals surface area contributed by atoms with E-state index in [1.165, 1.54) is 7.11 Å². The quantitative estimate of drug-likeness (QED) is 0.164. The average molecular weight is 664 g/mol.